The molecule has 1 aromatic rings. The molecular formula is C16H19F3O4S. The molecule has 0 N–H and O–H groups in total. The van der Waals surface area contributed by atoms with Crippen LogP contribution in [0.4, 0.5) is 13.2 Å². The Balaban J connectivity index is 2.42. The summed E-state index contributed by atoms with van der Waals surface area (Å²) in [5.74, 6) is 0.518. The van der Waals surface area contributed by atoms with Crippen LogP contribution in [-0.2, 0) is 11.1 Å². The van der Waals surface area contributed by atoms with Crippen molar-refractivity contribution in [1.29, 1.82) is 0 Å². The minimum atomic E-state index is -4.96. The topological polar surface area (TPSA) is 44.8 Å². The van der Waals surface area contributed by atoms with Crippen LogP contribution in [0.5, 0.6) is 17.2 Å². The van der Waals surface area contributed by atoms with E-state index in [1.807, 2.05) is 6.92 Å². The molecular weight excluding hydrogens is 345 g/mol. The summed E-state index contributed by atoms with van der Waals surface area (Å²) in [4.78, 5) is 0. The van der Waals surface area contributed by atoms with Crippen LogP contribution < -0.4 is 13.7 Å². The van der Waals surface area contributed by atoms with E-state index in [-0.39, 0.29) is 11.7 Å². The van der Waals surface area contributed by atoms with Crippen LogP contribution in [0.3, 0.4) is 0 Å². The minimum Gasteiger partial charge on any atom is -0.496 e. The van der Waals surface area contributed by atoms with Crippen molar-refractivity contribution in [3.05, 3.63) is 29.3 Å². The second kappa shape index (κ2) is 7.46. The largest absolute Gasteiger partial charge is 0.508 e. The van der Waals surface area contributed by atoms with Crippen LogP contribution in [0, 0.1) is 0 Å². The highest BCUT2D eigenvalue weighted by molar-refractivity contribution is 7.81. The van der Waals surface area contributed by atoms with E-state index in [1.54, 1.807) is 0 Å². The number of allylic oxidation sites excluding steroid dienone is 2. The first-order valence-corrected chi connectivity index (χ1v) is 8.44. The second-order valence-corrected chi connectivity index (χ2v) is 6.62. The van der Waals surface area contributed by atoms with Gasteiger partial charge in [0, 0.05) is 23.6 Å². The summed E-state index contributed by atoms with van der Waals surface area (Å²) in [6, 6.07) is 2.61. The van der Waals surface area contributed by atoms with Crippen LogP contribution in [-0.4, -0.2) is 23.9 Å². The molecule has 0 radical (unpaired) electrons. The normalized spacial score (nSPS) is 19.4. The molecule has 0 fully saturated rings. The molecule has 0 saturated heterocycles. The molecule has 0 amide bonds. The van der Waals surface area contributed by atoms with Crippen molar-refractivity contribution in [1.82, 2.24) is 0 Å². The Bertz CT molecular complexity index is 630. The van der Waals surface area contributed by atoms with Gasteiger partial charge in [0.05, 0.1) is 14.2 Å². The zero-order chi connectivity index (χ0) is 17.9. The first-order chi connectivity index (χ1) is 11.3. The summed E-state index contributed by atoms with van der Waals surface area (Å²) < 4.78 is 63.5. The first-order valence-electron chi connectivity index (χ1n) is 7.36. The zero-order valence-electron chi connectivity index (χ0n) is 13.6. The molecule has 2 atom stereocenters. The molecule has 1 aliphatic carbocycles. The Morgan fingerprint density at radius 2 is 1.75 bits per heavy atom. The molecule has 1 aromatic carbocycles. The molecule has 0 bridgehead atoms. The van der Waals surface area contributed by atoms with E-state index in [9.17, 15) is 17.4 Å². The molecule has 0 aliphatic heterocycles. The lowest BCUT2D eigenvalue weighted by Gasteiger charge is -2.24. The van der Waals surface area contributed by atoms with E-state index in [1.165, 1.54) is 31.9 Å². The van der Waals surface area contributed by atoms with Crippen molar-refractivity contribution in [2.75, 3.05) is 14.2 Å². The molecule has 2 unspecified atom stereocenters. The number of alkyl halides is 3. The third kappa shape index (κ3) is 4.23. The number of rotatable bonds is 5. The summed E-state index contributed by atoms with van der Waals surface area (Å²) in [6.45, 7) is 2.04. The van der Waals surface area contributed by atoms with E-state index in [0.717, 1.165) is 24.8 Å². The van der Waals surface area contributed by atoms with Gasteiger partial charge < -0.3 is 13.7 Å². The molecule has 134 valence electrons. The van der Waals surface area contributed by atoms with Crippen molar-refractivity contribution < 1.29 is 31.0 Å². The van der Waals surface area contributed by atoms with Gasteiger partial charge in [0.1, 0.15) is 17.2 Å². The fraction of sp³-hybridized carbons (Fsp3) is 0.500. The Morgan fingerprint density at radius 1 is 1.17 bits per heavy atom. The molecule has 8 heteroatoms. The number of ether oxygens (including phenoxy) is 2. The molecule has 4 nitrogen and oxygen atoms in total. The molecule has 24 heavy (non-hydrogen) atoms. The standard InChI is InChI=1S/C16H19F3O4S/c1-10-5-4-6-11(7-10)15-13(21-2)8-12(9-14(15)22-3)23-24(20)16(17,18)19/h7-9,11H,4-6H2,1-3H3. The molecule has 2 rings (SSSR count). The number of methoxy groups -OCH3 is 2. The highest BCUT2D eigenvalue weighted by Gasteiger charge is 2.40. The third-order valence-corrected chi connectivity index (χ3v) is 4.54. The lowest BCUT2D eigenvalue weighted by atomic mass is 9.85. The van der Waals surface area contributed by atoms with Gasteiger partial charge >= 0.3 is 16.6 Å². The van der Waals surface area contributed by atoms with Crippen molar-refractivity contribution in [2.24, 2.45) is 0 Å². The highest BCUT2D eigenvalue weighted by Crippen LogP contribution is 2.44. The van der Waals surface area contributed by atoms with Crippen molar-refractivity contribution in [3.8, 4) is 17.2 Å². The fourth-order valence-corrected chi connectivity index (χ4v) is 3.17. The van der Waals surface area contributed by atoms with Gasteiger partial charge in [-0.15, -0.1) is 0 Å². The van der Waals surface area contributed by atoms with Gasteiger partial charge in [0.15, 0.2) is 0 Å². The van der Waals surface area contributed by atoms with E-state index in [4.69, 9.17) is 9.47 Å². The minimum absolute atomic E-state index is 0.0470. The maximum absolute atomic E-state index is 12.4. The summed E-state index contributed by atoms with van der Waals surface area (Å²) in [5.41, 5.74) is -2.96. The SMILES string of the molecule is COc1cc(OS(=O)C(F)(F)F)cc(OC)c1C1C=C(C)CCC1. The molecule has 0 heterocycles. The van der Waals surface area contributed by atoms with Crippen LogP contribution in [0.25, 0.3) is 0 Å². The Kier molecular flexibility index (Phi) is 5.79. The number of hydrogen-bond acceptors (Lipinski definition) is 4. The van der Waals surface area contributed by atoms with Gasteiger partial charge in [0.2, 0.25) is 0 Å². The summed E-state index contributed by atoms with van der Waals surface area (Å²) in [7, 11) is 2.84. The summed E-state index contributed by atoms with van der Waals surface area (Å²) in [6.07, 6.45) is 5.03. The Morgan fingerprint density at radius 3 is 2.21 bits per heavy atom. The van der Waals surface area contributed by atoms with Gasteiger partial charge in [-0.25, -0.2) is 4.21 Å². The van der Waals surface area contributed by atoms with Gasteiger partial charge in [-0.05, 0) is 26.2 Å². The maximum atomic E-state index is 12.4. The number of benzene rings is 1. The predicted octanol–water partition coefficient (Wildman–Crippen LogP) is 4.48. The third-order valence-electron chi connectivity index (χ3n) is 3.82. The van der Waals surface area contributed by atoms with Gasteiger partial charge in [-0.1, -0.05) is 11.6 Å². The van der Waals surface area contributed by atoms with Gasteiger partial charge in [-0.3, -0.25) is 0 Å². The van der Waals surface area contributed by atoms with Gasteiger partial charge in [0.25, 0.3) is 0 Å². The molecule has 0 aromatic heterocycles. The van der Waals surface area contributed by atoms with Crippen molar-refractivity contribution >= 4 is 11.1 Å². The number of hydrogen-bond donors (Lipinski definition) is 0. The van der Waals surface area contributed by atoms with E-state index in [2.05, 4.69) is 10.3 Å². The van der Waals surface area contributed by atoms with E-state index >= 15 is 0 Å². The number of halogens is 3. The average molecular weight is 364 g/mol. The Labute approximate surface area is 141 Å². The smallest absolute Gasteiger partial charge is 0.496 e. The predicted molar refractivity (Wildman–Crippen MR) is 84.7 cm³/mol. The first kappa shape index (κ1) is 18.6. The summed E-state index contributed by atoms with van der Waals surface area (Å²) >= 11 is -3.45. The van der Waals surface area contributed by atoms with E-state index < -0.39 is 16.6 Å². The lowest BCUT2D eigenvalue weighted by Crippen LogP contribution is -2.21. The molecule has 0 spiro atoms. The highest BCUT2D eigenvalue weighted by atomic mass is 32.2. The second-order valence-electron chi connectivity index (χ2n) is 5.52. The quantitative estimate of drug-likeness (QED) is 0.723. The van der Waals surface area contributed by atoms with Crippen LogP contribution in [0.15, 0.2) is 23.8 Å². The summed E-state index contributed by atoms with van der Waals surface area (Å²) in [5, 5.41) is 0. The van der Waals surface area contributed by atoms with Gasteiger partial charge in [-0.2, -0.15) is 13.2 Å². The van der Waals surface area contributed by atoms with E-state index in [0.29, 0.717) is 11.5 Å². The molecule has 1 aliphatic rings. The van der Waals surface area contributed by atoms with Crippen molar-refractivity contribution in [2.45, 2.75) is 37.6 Å². The molecule has 0 saturated carbocycles. The maximum Gasteiger partial charge on any atom is 0.508 e. The Hall–Kier alpha value is -1.70. The zero-order valence-corrected chi connectivity index (χ0v) is 14.4. The lowest BCUT2D eigenvalue weighted by molar-refractivity contribution is -0.0437. The van der Waals surface area contributed by atoms with Crippen LogP contribution >= 0.6 is 0 Å². The average Bonchev–Trinajstić information content (AvgIpc) is 2.52. The van der Waals surface area contributed by atoms with Crippen LogP contribution in [0.2, 0.25) is 0 Å². The fourth-order valence-electron chi connectivity index (χ4n) is 2.80. The monoisotopic (exact) mass is 364 g/mol. The van der Waals surface area contributed by atoms with Crippen molar-refractivity contribution in [3.63, 3.8) is 0 Å². The van der Waals surface area contributed by atoms with Crippen LogP contribution in [0.1, 0.15) is 37.7 Å².